The number of allylic oxidation sites excluding steroid dienone is 1. The van der Waals surface area contributed by atoms with E-state index in [0.717, 1.165) is 26.6 Å². The van der Waals surface area contributed by atoms with Gasteiger partial charge >= 0.3 is 6.18 Å². The van der Waals surface area contributed by atoms with Gasteiger partial charge in [0.1, 0.15) is 0 Å². The molecular formula is C26H27F3N2OS. The first-order valence-electron chi connectivity index (χ1n) is 10.6. The van der Waals surface area contributed by atoms with Crippen LogP contribution < -0.4 is 5.32 Å². The Morgan fingerprint density at radius 1 is 1.06 bits per heavy atom. The summed E-state index contributed by atoms with van der Waals surface area (Å²) in [5, 5.41) is 3.79. The number of aryl methyl sites for hydroxylation is 4. The predicted octanol–water partition coefficient (Wildman–Crippen LogP) is 6.97. The zero-order chi connectivity index (χ0) is 24.3. The van der Waals surface area contributed by atoms with Crippen molar-refractivity contribution in [3.63, 3.8) is 0 Å². The first-order chi connectivity index (χ1) is 15.5. The van der Waals surface area contributed by atoms with Crippen molar-refractivity contribution in [2.45, 2.75) is 53.3 Å². The lowest BCUT2D eigenvalue weighted by Crippen LogP contribution is -2.23. The molecule has 2 aromatic carbocycles. The molecule has 0 bridgehead atoms. The fraction of sp³-hybridized carbons (Fsp3) is 0.308. The van der Waals surface area contributed by atoms with E-state index in [1.165, 1.54) is 23.5 Å². The maximum Gasteiger partial charge on any atom is 0.399 e. The maximum atomic E-state index is 13.8. The van der Waals surface area contributed by atoms with Gasteiger partial charge in [0.2, 0.25) is 0 Å². The number of carbonyl (C=O) groups excluding carboxylic acids is 1. The average molecular weight is 473 g/mol. The van der Waals surface area contributed by atoms with Crippen LogP contribution in [-0.2, 0) is 6.54 Å². The van der Waals surface area contributed by atoms with Crippen LogP contribution in [0.2, 0.25) is 0 Å². The Balaban J connectivity index is 1.79. The molecule has 1 heterocycles. The molecule has 1 atom stereocenters. The summed E-state index contributed by atoms with van der Waals surface area (Å²) >= 11 is 1.52. The minimum Gasteiger partial charge on any atom is -0.347 e. The molecule has 0 saturated heterocycles. The Kier molecular flexibility index (Phi) is 7.42. The Labute approximate surface area is 196 Å². The smallest absolute Gasteiger partial charge is 0.347 e. The SMILES string of the molecule is Cc1ncc(CNC(=O)c2ccc(/C=C/C(c3cc(C)c(C)c(C)c3)C(F)(F)F)cc2C)s1. The van der Waals surface area contributed by atoms with E-state index in [4.69, 9.17) is 0 Å². The molecule has 0 aliphatic carbocycles. The molecule has 0 fully saturated rings. The van der Waals surface area contributed by atoms with Crippen molar-refractivity contribution >= 4 is 23.3 Å². The highest BCUT2D eigenvalue weighted by Crippen LogP contribution is 2.37. The van der Waals surface area contributed by atoms with Gasteiger partial charge in [0, 0.05) is 16.6 Å². The third-order valence-electron chi connectivity index (χ3n) is 5.73. The second-order valence-electron chi connectivity index (χ2n) is 8.26. The molecule has 3 aromatic rings. The highest BCUT2D eigenvalue weighted by Gasteiger charge is 2.39. The minimum atomic E-state index is -4.41. The second-order valence-corrected chi connectivity index (χ2v) is 9.58. The number of thiazole rings is 1. The highest BCUT2D eigenvalue weighted by molar-refractivity contribution is 7.11. The number of aromatic nitrogens is 1. The molecule has 7 heteroatoms. The van der Waals surface area contributed by atoms with Crippen molar-refractivity contribution in [2.75, 3.05) is 0 Å². The number of hydrogen-bond acceptors (Lipinski definition) is 3. The van der Waals surface area contributed by atoms with Gasteiger partial charge in [-0.1, -0.05) is 36.4 Å². The molecule has 0 aliphatic heterocycles. The summed E-state index contributed by atoms with van der Waals surface area (Å²) in [6.45, 7) is 9.62. The van der Waals surface area contributed by atoms with E-state index in [-0.39, 0.29) is 11.5 Å². The van der Waals surface area contributed by atoms with E-state index < -0.39 is 12.1 Å². The van der Waals surface area contributed by atoms with Crippen LogP contribution in [0.3, 0.4) is 0 Å². The van der Waals surface area contributed by atoms with E-state index >= 15 is 0 Å². The third kappa shape index (κ3) is 6.11. The molecule has 0 aliphatic rings. The van der Waals surface area contributed by atoms with Crippen LogP contribution in [-0.4, -0.2) is 17.1 Å². The van der Waals surface area contributed by atoms with Crippen molar-refractivity contribution in [1.82, 2.24) is 10.3 Å². The molecule has 0 spiro atoms. The van der Waals surface area contributed by atoms with Crippen LogP contribution in [0.5, 0.6) is 0 Å². The molecule has 1 amide bonds. The zero-order valence-electron chi connectivity index (χ0n) is 19.3. The quantitative estimate of drug-likeness (QED) is 0.421. The first-order valence-corrected chi connectivity index (χ1v) is 11.4. The van der Waals surface area contributed by atoms with Crippen molar-refractivity contribution in [3.8, 4) is 0 Å². The number of hydrogen-bond donors (Lipinski definition) is 1. The summed E-state index contributed by atoms with van der Waals surface area (Å²) in [6.07, 6.45) is -0.0225. The van der Waals surface area contributed by atoms with Crippen LogP contribution >= 0.6 is 11.3 Å². The molecular weight excluding hydrogens is 445 g/mol. The predicted molar refractivity (Wildman–Crippen MR) is 128 cm³/mol. The molecule has 1 unspecified atom stereocenters. The maximum absolute atomic E-state index is 13.8. The summed E-state index contributed by atoms with van der Waals surface area (Å²) < 4.78 is 41.5. The van der Waals surface area contributed by atoms with E-state index in [0.29, 0.717) is 23.2 Å². The van der Waals surface area contributed by atoms with Crippen LogP contribution in [0.1, 0.15) is 59.5 Å². The highest BCUT2D eigenvalue weighted by atomic mass is 32.1. The topological polar surface area (TPSA) is 42.0 Å². The molecule has 0 radical (unpaired) electrons. The van der Waals surface area contributed by atoms with Gasteiger partial charge in [0.25, 0.3) is 5.91 Å². The monoisotopic (exact) mass is 472 g/mol. The summed E-state index contributed by atoms with van der Waals surface area (Å²) in [4.78, 5) is 17.7. The molecule has 33 heavy (non-hydrogen) atoms. The van der Waals surface area contributed by atoms with Crippen molar-refractivity contribution in [3.05, 3.63) is 91.4 Å². The number of benzene rings is 2. The Morgan fingerprint density at radius 3 is 2.27 bits per heavy atom. The van der Waals surface area contributed by atoms with Gasteiger partial charge < -0.3 is 5.32 Å². The lowest BCUT2D eigenvalue weighted by molar-refractivity contribution is -0.139. The molecule has 1 N–H and O–H groups in total. The second kappa shape index (κ2) is 9.91. The van der Waals surface area contributed by atoms with Crippen molar-refractivity contribution in [2.24, 2.45) is 0 Å². The van der Waals surface area contributed by atoms with Crippen LogP contribution in [0.4, 0.5) is 13.2 Å². The molecule has 1 aromatic heterocycles. The number of halogens is 3. The lowest BCUT2D eigenvalue weighted by Gasteiger charge is -2.19. The van der Waals surface area contributed by atoms with E-state index in [2.05, 4.69) is 10.3 Å². The van der Waals surface area contributed by atoms with Gasteiger partial charge in [-0.05, 0) is 74.1 Å². The number of nitrogens with one attached hydrogen (secondary N) is 1. The average Bonchev–Trinajstić information content (AvgIpc) is 3.14. The summed E-state index contributed by atoms with van der Waals surface area (Å²) in [5.41, 5.74) is 4.70. The molecule has 3 rings (SSSR count). The largest absolute Gasteiger partial charge is 0.399 e. The zero-order valence-corrected chi connectivity index (χ0v) is 20.1. The van der Waals surface area contributed by atoms with Gasteiger partial charge in [0.15, 0.2) is 0 Å². The standard InChI is InChI=1S/C26H27F3N2OS/c1-15-11-21(12-16(2)18(15)4)24(26(27,28)29)9-7-20-6-8-23(17(3)10-20)25(32)31-14-22-13-30-19(5)33-22/h6-13,24H,14H2,1-5H3,(H,31,32)/b9-7+. The summed E-state index contributed by atoms with van der Waals surface area (Å²) in [5.74, 6) is -1.94. The van der Waals surface area contributed by atoms with E-state index in [9.17, 15) is 18.0 Å². The minimum absolute atomic E-state index is 0.227. The van der Waals surface area contributed by atoms with Crippen LogP contribution in [0.15, 0.2) is 42.6 Å². The van der Waals surface area contributed by atoms with Crippen LogP contribution in [0.25, 0.3) is 6.08 Å². The number of rotatable bonds is 6. The van der Waals surface area contributed by atoms with Crippen molar-refractivity contribution in [1.29, 1.82) is 0 Å². The summed E-state index contributed by atoms with van der Waals surface area (Å²) in [7, 11) is 0. The van der Waals surface area contributed by atoms with Gasteiger partial charge in [-0.2, -0.15) is 13.2 Å². The fourth-order valence-corrected chi connectivity index (χ4v) is 4.39. The number of carbonyl (C=O) groups is 1. The summed E-state index contributed by atoms with van der Waals surface area (Å²) in [6, 6.07) is 8.24. The molecule has 3 nitrogen and oxygen atoms in total. The van der Waals surface area contributed by atoms with Gasteiger partial charge in [-0.3, -0.25) is 4.79 Å². The van der Waals surface area contributed by atoms with E-state index in [1.807, 2.05) is 27.7 Å². The van der Waals surface area contributed by atoms with Gasteiger partial charge in [0.05, 0.1) is 17.5 Å². The molecule has 174 valence electrons. The number of amides is 1. The number of nitrogens with zero attached hydrogens (tertiary/aromatic N) is 1. The fourth-order valence-electron chi connectivity index (χ4n) is 3.66. The van der Waals surface area contributed by atoms with Gasteiger partial charge in [-0.25, -0.2) is 4.98 Å². The molecule has 0 saturated carbocycles. The van der Waals surface area contributed by atoms with Gasteiger partial charge in [-0.15, -0.1) is 11.3 Å². The normalized spacial score (nSPS) is 12.8. The van der Waals surface area contributed by atoms with Crippen molar-refractivity contribution < 1.29 is 18.0 Å². The third-order valence-corrected chi connectivity index (χ3v) is 6.64. The Bertz CT molecular complexity index is 1170. The number of alkyl halides is 3. The Morgan fingerprint density at radius 2 is 1.73 bits per heavy atom. The first kappa shape index (κ1) is 24.7. The Hall–Kier alpha value is -2.93. The van der Waals surface area contributed by atoms with Crippen LogP contribution in [0, 0.1) is 34.6 Å². The van der Waals surface area contributed by atoms with E-state index in [1.54, 1.807) is 43.5 Å². The lowest BCUT2D eigenvalue weighted by atomic mass is 9.91.